The molecule has 0 saturated heterocycles. The molecule has 0 fully saturated rings. The molecule has 3 heterocycles. The Hall–Kier alpha value is -3.03. The van der Waals surface area contributed by atoms with E-state index < -0.39 is 0 Å². The predicted molar refractivity (Wildman–Crippen MR) is 83.3 cm³/mol. The monoisotopic (exact) mass is 311 g/mol. The lowest BCUT2D eigenvalue weighted by molar-refractivity contribution is 0.0944. The van der Waals surface area contributed by atoms with Crippen LogP contribution in [-0.4, -0.2) is 42.4 Å². The van der Waals surface area contributed by atoms with Crippen molar-refractivity contribution < 1.29 is 4.79 Å². The van der Waals surface area contributed by atoms with Gasteiger partial charge in [-0.1, -0.05) is 6.07 Å². The number of aryl methyl sites for hydroxylation is 1. The first-order valence-corrected chi connectivity index (χ1v) is 7.27. The summed E-state index contributed by atoms with van der Waals surface area (Å²) in [5, 5.41) is 13.5. The molecule has 2 N–H and O–H groups in total. The van der Waals surface area contributed by atoms with Crippen molar-refractivity contribution in [2.45, 2.75) is 20.3 Å². The van der Waals surface area contributed by atoms with E-state index in [0.717, 1.165) is 22.8 Å². The van der Waals surface area contributed by atoms with Gasteiger partial charge in [-0.05, 0) is 38.0 Å². The summed E-state index contributed by atoms with van der Waals surface area (Å²) in [7, 11) is 0. The van der Waals surface area contributed by atoms with Crippen LogP contribution in [0.1, 0.15) is 27.6 Å². The van der Waals surface area contributed by atoms with Gasteiger partial charge in [-0.25, -0.2) is 14.6 Å². The average molecular weight is 311 g/mol. The molecule has 3 rings (SSSR count). The van der Waals surface area contributed by atoms with Crippen LogP contribution in [-0.2, 0) is 6.42 Å². The number of aromatic amines is 1. The Morgan fingerprint density at radius 3 is 2.87 bits per heavy atom. The summed E-state index contributed by atoms with van der Waals surface area (Å²) in [6, 6.07) is 5.71. The zero-order valence-electron chi connectivity index (χ0n) is 12.9. The Morgan fingerprint density at radius 2 is 2.17 bits per heavy atom. The third kappa shape index (κ3) is 3.10. The molecule has 0 atom stereocenters. The lowest BCUT2D eigenvalue weighted by atomic mass is 10.1. The summed E-state index contributed by atoms with van der Waals surface area (Å²) >= 11 is 0. The van der Waals surface area contributed by atoms with Crippen LogP contribution < -0.4 is 5.32 Å². The third-order valence-corrected chi connectivity index (χ3v) is 3.60. The van der Waals surface area contributed by atoms with E-state index in [1.807, 2.05) is 36.7 Å². The molecule has 3 aromatic rings. The summed E-state index contributed by atoms with van der Waals surface area (Å²) in [5.74, 6) is 0.725. The molecule has 0 aliphatic rings. The molecule has 0 unspecified atom stereocenters. The number of hydrogen-bond acceptors (Lipinski definition) is 5. The fourth-order valence-electron chi connectivity index (χ4n) is 2.44. The summed E-state index contributed by atoms with van der Waals surface area (Å²) in [5.41, 5.74) is 3.06. The summed E-state index contributed by atoms with van der Waals surface area (Å²) < 4.78 is 1.82. The molecule has 0 aliphatic carbocycles. The number of pyridine rings is 1. The molecule has 23 heavy (non-hydrogen) atoms. The summed E-state index contributed by atoms with van der Waals surface area (Å²) in [6.45, 7) is 4.46. The molecule has 8 nitrogen and oxygen atoms in total. The maximum Gasteiger partial charge on any atom is 0.288 e. The average Bonchev–Trinajstić information content (AvgIpc) is 3.19. The zero-order chi connectivity index (χ0) is 16.2. The summed E-state index contributed by atoms with van der Waals surface area (Å²) in [4.78, 5) is 20.0. The van der Waals surface area contributed by atoms with Gasteiger partial charge < -0.3 is 5.32 Å². The van der Waals surface area contributed by atoms with Crippen molar-refractivity contribution in [2.24, 2.45) is 0 Å². The Morgan fingerprint density at radius 1 is 1.30 bits per heavy atom. The van der Waals surface area contributed by atoms with Crippen LogP contribution in [0.4, 0.5) is 0 Å². The van der Waals surface area contributed by atoms with Crippen LogP contribution in [0.3, 0.4) is 0 Å². The molecule has 8 heteroatoms. The Bertz CT molecular complexity index is 793. The Labute approximate surface area is 133 Å². The smallest absolute Gasteiger partial charge is 0.288 e. The highest BCUT2D eigenvalue weighted by Gasteiger charge is 2.14. The van der Waals surface area contributed by atoms with Crippen molar-refractivity contribution >= 4 is 5.91 Å². The topological polar surface area (TPSA) is 101 Å². The van der Waals surface area contributed by atoms with Crippen molar-refractivity contribution in [3.05, 3.63) is 53.5 Å². The van der Waals surface area contributed by atoms with Gasteiger partial charge in [-0.3, -0.25) is 9.89 Å². The van der Waals surface area contributed by atoms with Crippen LogP contribution in [0.2, 0.25) is 0 Å². The number of hydrogen-bond donors (Lipinski definition) is 2. The van der Waals surface area contributed by atoms with E-state index in [0.29, 0.717) is 13.0 Å². The molecule has 0 aromatic carbocycles. The van der Waals surface area contributed by atoms with Crippen molar-refractivity contribution in [3.63, 3.8) is 0 Å². The second kappa shape index (κ2) is 6.39. The van der Waals surface area contributed by atoms with Gasteiger partial charge >= 0.3 is 0 Å². The second-order valence-corrected chi connectivity index (χ2v) is 5.09. The van der Waals surface area contributed by atoms with Gasteiger partial charge in [-0.2, -0.15) is 10.2 Å². The first kappa shape index (κ1) is 14.9. The normalized spacial score (nSPS) is 10.7. The lowest BCUT2D eigenvalue weighted by Crippen LogP contribution is -2.27. The molecule has 0 aliphatic heterocycles. The fraction of sp³-hybridized carbons (Fsp3) is 0.267. The number of H-pyrrole nitrogens is 1. The SMILES string of the molecule is Cc1nn(-c2ccccn2)c(C)c1CCNC(=O)c1ncn[nH]1. The minimum atomic E-state index is -0.269. The highest BCUT2D eigenvalue weighted by Crippen LogP contribution is 2.16. The Balaban J connectivity index is 1.69. The number of rotatable bonds is 5. The minimum absolute atomic E-state index is 0.211. The molecule has 0 saturated carbocycles. The molecule has 0 bridgehead atoms. The largest absolute Gasteiger partial charge is 0.349 e. The second-order valence-electron chi connectivity index (χ2n) is 5.09. The predicted octanol–water partition coefficient (Wildman–Crippen LogP) is 0.975. The lowest BCUT2D eigenvalue weighted by Gasteiger charge is -2.05. The van der Waals surface area contributed by atoms with E-state index in [1.165, 1.54) is 6.33 Å². The quantitative estimate of drug-likeness (QED) is 0.731. The molecule has 0 spiro atoms. The zero-order valence-corrected chi connectivity index (χ0v) is 12.9. The van der Waals surface area contributed by atoms with E-state index in [2.05, 4.69) is 30.6 Å². The molecule has 0 radical (unpaired) electrons. The van der Waals surface area contributed by atoms with Gasteiger partial charge in [-0.15, -0.1) is 0 Å². The van der Waals surface area contributed by atoms with Gasteiger partial charge in [0.05, 0.1) is 5.69 Å². The number of carbonyl (C=O) groups excluding carboxylic acids is 1. The van der Waals surface area contributed by atoms with Gasteiger partial charge in [0.25, 0.3) is 5.91 Å². The van der Waals surface area contributed by atoms with Gasteiger partial charge in [0.15, 0.2) is 5.82 Å². The van der Waals surface area contributed by atoms with E-state index in [-0.39, 0.29) is 11.7 Å². The standard InChI is InChI=1S/C15H17N7O/c1-10-12(6-8-17-15(23)14-18-9-19-20-14)11(2)22(21-10)13-5-3-4-7-16-13/h3-5,7,9H,6,8H2,1-2H3,(H,17,23)(H,18,19,20). The third-order valence-electron chi connectivity index (χ3n) is 3.60. The molecular weight excluding hydrogens is 294 g/mol. The Kier molecular flexibility index (Phi) is 4.13. The van der Waals surface area contributed by atoms with Crippen molar-refractivity contribution in [1.82, 2.24) is 35.3 Å². The van der Waals surface area contributed by atoms with E-state index in [9.17, 15) is 4.79 Å². The first-order chi connectivity index (χ1) is 11.2. The van der Waals surface area contributed by atoms with Crippen LogP contribution in [0, 0.1) is 13.8 Å². The maximum absolute atomic E-state index is 11.8. The molecular formula is C15H17N7O. The highest BCUT2D eigenvalue weighted by molar-refractivity contribution is 5.90. The number of nitrogens with one attached hydrogen (secondary N) is 2. The maximum atomic E-state index is 11.8. The number of nitrogens with zero attached hydrogens (tertiary/aromatic N) is 5. The minimum Gasteiger partial charge on any atom is -0.349 e. The number of aromatic nitrogens is 6. The highest BCUT2D eigenvalue weighted by atomic mass is 16.2. The van der Waals surface area contributed by atoms with Crippen molar-refractivity contribution in [2.75, 3.05) is 6.54 Å². The fourth-order valence-corrected chi connectivity index (χ4v) is 2.44. The van der Waals surface area contributed by atoms with E-state index in [4.69, 9.17) is 0 Å². The van der Waals surface area contributed by atoms with Crippen LogP contribution in [0.15, 0.2) is 30.7 Å². The number of amides is 1. The van der Waals surface area contributed by atoms with Crippen molar-refractivity contribution in [3.8, 4) is 5.82 Å². The van der Waals surface area contributed by atoms with Crippen LogP contribution in [0.25, 0.3) is 5.82 Å². The first-order valence-electron chi connectivity index (χ1n) is 7.27. The molecule has 118 valence electrons. The molecule has 1 amide bonds. The van der Waals surface area contributed by atoms with Gasteiger partial charge in [0.1, 0.15) is 6.33 Å². The summed E-state index contributed by atoms with van der Waals surface area (Å²) in [6.07, 6.45) is 3.73. The number of carbonyl (C=O) groups is 1. The van der Waals surface area contributed by atoms with E-state index in [1.54, 1.807) is 6.20 Å². The van der Waals surface area contributed by atoms with E-state index >= 15 is 0 Å². The van der Waals surface area contributed by atoms with Crippen LogP contribution >= 0.6 is 0 Å². The van der Waals surface area contributed by atoms with Crippen molar-refractivity contribution in [1.29, 1.82) is 0 Å². The van der Waals surface area contributed by atoms with Gasteiger partial charge in [0, 0.05) is 18.4 Å². The van der Waals surface area contributed by atoms with Crippen LogP contribution in [0.5, 0.6) is 0 Å². The molecule has 3 aromatic heterocycles. The van der Waals surface area contributed by atoms with Gasteiger partial charge in [0.2, 0.25) is 5.82 Å².